The fourth-order valence-corrected chi connectivity index (χ4v) is 4.17. The van der Waals surface area contributed by atoms with Crippen LogP contribution in [0.2, 0.25) is 0 Å². The first kappa shape index (κ1) is 21.2. The average Bonchev–Trinajstić information content (AvgIpc) is 3.43. The Morgan fingerprint density at radius 3 is 2.29 bits per heavy atom. The molecule has 0 radical (unpaired) electrons. The number of hydrogen-bond donors (Lipinski definition) is 0. The van der Waals surface area contributed by atoms with Gasteiger partial charge in [-0.1, -0.05) is 74.5 Å². The highest BCUT2D eigenvalue weighted by atomic mass is 32.1. The maximum absolute atomic E-state index is 4.82. The monoisotopic (exact) mass is 428 g/mol. The van der Waals surface area contributed by atoms with Crippen LogP contribution in [-0.2, 0) is 6.42 Å². The van der Waals surface area contributed by atoms with Gasteiger partial charge in [0.1, 0.15) is 11.4 Å². The highest BCUT2D eigenvalue weighted by Crippen LogP contribution is 2.30. The predicted molar refractivity (Wildman–Crippen MR) is 130 cm³/mol. The van der Waals surface area contributed by atoms with Crippen molar-refractivity contribution in [2.24, 2.45) is 0 Å². The van der Waals surface area contributed by atoms with Crippen molar-refractivity contribution in [1.29, 1.82) is 0 Å². The first-order chi connectivity index (χ1) is 15.0. The molecule has 2 aromatic heterocycles. The third kappa shape index (κ3) is 5.00. The zero-order valence-electron chi connectivity index (χ0n) is 18.5. The number of aromatic nitrogens is 4. The van der Waals surface area contributed by atoms with Gasteiger partial charge < -0.3 is 0 Å². The predicted octanol–water partition coefficient (Wildman–Crippen LogP) is 7.03. The van der Waals surface area contributed by atoms with E-state index >= 15 is 0 Å². The van der Waals surface area contributed by atoms with Crippen molar-refractivity contribution in [3.05, 3.63) is 82.3 Å². The van der Waals surface area contributed by atoms with Gasteiger partial charge in [-0.2, -0.15) is 15.0 Å². The number of hydrogen-bond acceptors (Lipinski definition) is 4. The van der Waals surface area contributed by atoms with Crippen LogP contribution >= 0.6 is 11.3 Å². The van der Waals surface area contributed by atoms with E-state index in [1.807, 2.05) is 18.2 Å². The van der Waals surface area contributed by atoms with Crippen LogP contribution in [0.4, 0.5) is 0 Å². The first-order valence-electron chi connectivity index (χ1n) is 10.7. The summed E-state index contributed by atoms with van der Waals surface area (Å²) in [7, 11) is 0. The highest BCUT2D eigenvalue weighted by molar-refractivity contribution is 7.09. The van der Waals surface area contributed by atoms with Crippen molar-refractivity contribution in [2.75, 3.05) is 0 Å². The van der Waals surface area contributed by atoms with Gasteiger partial charge in [-0.05, 0) is 25.5 Å². The Hall–Kier alpha value is -3.05. The third-order valence-corrected chi connectivity index (χ3v) is 6.19. The molecule has 0 fully saturated rings. The normalized spacial score (nSPS) is 11.8. The number of allylic oxidation sites excluding steroid dienone is 1. The lowest BCUT2D eigenvalue weighted by molar-refractivity contribution is 0.468. The molecule has 0 spiro atoms. The molecule has 0 amide bonds. The van der Waals surface area contributed by atoms with Crippen molar-refractivity contribution in [3.63, 3.8) is 0 Å². The molecule has 2 heterocycles. The van der Waals surface area contributed by atoms with Crippen LogP contribution in [0.25, 0.3) is 28.6 Å². The van der Waals surface area contributed by atoms with E-state index in [9.17, 15) is 0 Å². The van der Waals surface area contributed by atoms with Crippen molar-refractivity contribution in [3.8, 4) is 22.5 Å². The summed E-state index contributed by atoms with van der Waals surface area (Å²) in [5, 5.41) is 13.0. The van der Waals surface area contributed by atoms with Gasteiger partial charge in [0.15, 0.2) is 0 Å². The standard InChI is InChI=1S/C26H28N4S/c1-18(2)26-27-23(17-31-26)15-9-11-20-10-8-14-22(16-20)25-24(21-12-6-5-7-13-21)28-30(29-25)19(3)4/h5-14,16-19H,15H2,1-4H3/b11-9+. The van der Waals surface area contributed by atoms with Crippen LogP contribution in [0, 0.1) is 0 Å². The van der Waals surface area contributed by atoms with Gasteiger partial charge in [-0.3, -0.25) is 0 Å². The Morgan fingerprint density at radius 2 is 1.61 bits per heavy atom. The molecule has 0 saturated heterocycles. The minimum absolute atomic E-state index is 0.202. The van der Waals surface area contributed by atoms with Gasteiger partial charge in [-0.15, -0.1) is 11.3 Å². The molecule has 158 valence electrons. The fourth-order valence-electron chi connectivity index (χ4n) is 3.32. The van der Waals surface area contributed by atoms with Gasteiger partial charge in [-0.25, -0.2) is 4.98 Å². The smallest absolute Gasteiger partial charge is 0.121 e. The van der Waals surface area contributed by atoms with E-state index in [4.69, 9.17) is 15.2 Å². The van der Waals surface area contributed by atoms with Crippen LogP contribution in [0.15, 0.2) is 66.1 Å². The zero-order chi connectivity index (χ0) is 21.8. The molecule has 0 atom stereocenters. The molecule has 4 nitrogen and oxygen atoms in total. The number of rotatable bonds is 7. The van der Waals surface area contributed by atoms with Crippen LogP contribution in [0.3, 0.4) is 0 Å². The van der Waals surface area contributed by atoms with Gasteiger partial charge in [0.25, 0.3) is 0 Å². The van der Waals surface area contributed by atoms with Crippen LogP contribution in [0.1, 0.15) is 55.9 Å². The molecule has 0 N–H and O–H groups in total. The summed E-state index contributed by atoms with van der Waals surface area (Å²) >= 11 is 1.75. The Kier molecular flexibility index (Phi) is 6.42. The first-order valence-corrected chi connectivity index (χ1v) is 11.6. The van der Waals surface area contributed by atoms with Crippen molar-refractivity contribution < 1.29 is 0 Å². The van der Waals surface area contributed by atoms with Gasteiger partial charge in [0.05, 0.1) is 16.7 Å². The van der Waals surface area contributed by atoms with Crippen LogP contribution in [-0.4, -0.2) is 20.0 Å². The summed E-state index contributed by atoms with van der Waals surface area (Å²) in [4.78, 5) is 6.52. The Balaban J connectivity index is 1.60. The van der Waals surface area contributed by atoms with Crippen LogP contribution in [0.5, 0.6) is 0 Å². The summed E-state index contributed by atoms with van der Waals surface area (Å²) in [5.41, 5.74) is 6.26. The van der Waals surface area contributed by atoms with E-state index in [1.54, 1.807) is 16.1 Å². The third-order valence-electron chi connectivity index (χ3n) is 5.00. The second kappa shape index (κ2) is 9.40. The second-order valence-corrected chi connectivity index (χ2v) is 9.13. The zero-order valence-corrected chi connectivity index (χ0v) is 19.3. The second-order valence-electron chi connectivity index (χ2n) is 8.24. The lowest BCUT2D eigenvalue weighted by atomic mass is 10.0. The van der Waals surface area contributed by atoms with E-state index in [0.29, 0.717) is 5.92 Å². The highest BCUT2D eigenvalue weighted by Gasteiger charge is 2.16. The molecule has 4 rings (SSSR count). The van der Waals surface area contributed by atoms with Gasteiger partial charge in [0, 0.05) is 28.8 Å². The van der Waals surface area contributed by atoms with E-state index in [-0.39, 0.29) is 6.04 Å². The fraction of sp³-hybridized carbons (Fsp3) is 0.269. The average molecular weight is 429 g/mol. The molecule has 0 aliphatic heterocycles. The van der Waals surface area contributed by atoms with E-state index in [2.05, 4.69) is 81.6 Å². The molecule has 0 unspecified atom stereocenters. The molecule has 4 aromatic rings. The van der Waals surface area contributed by atoms with Crippen molar-refractivity contribution in [2.45, 2.75) is 46.1 Å². The summed E-state index contributed by atoms with van der Waals surface area (Å²) in [6, 6.07) is 19.0. The molecule has 0 aliphatic carbocycles. The summed E-state index contributed by atoms with van der Waals surface area (Å²) in [5.74, 6) is 0.484. The molecular formula is C26H28N4S. The number of benzene rings is 2. The largest absolute Gasteiger partial charge is 0.246 e. The molecule has 5 heteroatoms. The van der Waals surface area contributed by atoms with Gasteiger partial charge in [0.2, 0.25) is 0 Å². The molecular weight excluding hydrogens is 400 g/mol. The number of thiazole rings is 1. The number of nitrogens with zero attached hydrogens (tertiary/aromatic N) is 4. The Bertz CT molecular complexity index is 1170. The van der Waals surface area contributed by atoms with Crippen molar-refractivity contribution >= 4 is 17.4 Å². The molecule has 0 saturated carbocycles. The maximum Gasteiger partial charge on any atom is 0.121 e. The molecule has 0 bridgehead atoms. The molecule has 0 aliphatic rings. The summed E-state index contributed by atoms with van der Waals surface area (Å²) < 4.78 is 0. The minimum Gasteiger partial charge on any atom is -0.246 e. The van der Waals surface area contributed by atoms with Crippen LogP contribution < -0.4 is 0 Å². The Morgan fingerprint density at radius 1 is 0.903 bits per heavy atom. The quantitative estimate of drug-likeness (QED) is 0.317. The maximum atomic E-state index is 4.82. The SMILES string of the molecule is CC(C)c1nc(C/C=C/c2cccc(-c3nn(C(C)C)nc3-c3ccccc3)c2)cs1. The minimum atomic E-state index is 0.202. The lowest BCUT2D eigenvalue weighted by Crippen LogP contribution is -2.04. The summed E-state index contributed by atoms with van der Waals surface area (Å²) in [6.07, 6.45) is 5.18. The topological polar surface area (TPSA) is 43.6 Å². The van der Waals surface area contributed by atoms with Gasteiger partial charge >= 0.3 is 0 Å². The van der Waals surface area contributed by atoms with Crippen molar-refractivity contribution in [1.82, 2.24) is 20.0 Å². The lowest BCUT2D eigenvalue weighted by Gasteiger charge is -2.03. The van der Waals surface area contributed by atoms with E-state index in [0.717, 1.165) is 40.2 Å². The molecule has 2 aromatic carbocycles. The Labute approximate surface area is 188 Å². The summed E-state index contributed by atoms with van der Waals surface area (Å²) in [6.45, 7) is 8.56. The molecule has 31 heavy (non-hydrogen) atoms. The van der Waals surface area contributed by atoms with E-state index in [1.165, 1.54) is 5.01 Å². The van der Waals surface area contributed by atoms with E-state index < -0.39 is 0 Å².